The summed E-state index contributed by atoms with van der Waals surface area (Å²) in [5.74, 6) is 0. The largest absolute Gasteiger partial charge is 0.311 e. The number of benzene rings is 15. The molecule has 8 heterocycles. The molecule has 0 fully saturated rings. The van der Waals surface area contributed by atoms with E-state index in [1.807, 2.05) is 0 Å². The smallest absolute Gasteiger partial charge is 0.252 e. The SMILES string of the molecule is c1ccc(-c2ccc(N3c4cc5c(cc4B4c6cc7c8cccc9c%10ccccc%10n(c7cc6N(c6ccc(-c7ccccc7)cc6)c6cc(-n7c%10ccccc%10c%10c7ccc7c%11ccccc%11n(-c%11ccccc%11)c7%10)cc3c64)c98)c3cccc4c6ccccc6n5c43)cc2)cc1. The molecule has 0 amide bonds. The fourth-order valence-electron chi connectivity index (χ4n) is 18.0. The molecular formula is C90H53BN6. The highest BCUT2D eigenvalue weighted by Gasteiger charge is 2.45. The van der Waals surface area contributed by atoms with Gasteiger partial charge in [-0.1, -0.05) is 231 Å². The van der Waals surface area contributed by atoms with Gasteiger partial charge in [-0.15, -0.1) is 0 Å². The first-order valence-electron chi connectivity index (χ1n) is 33.7. The lowest BCUT2D eigenvalue weighted by Crippen LogP contribution is -2.61. The Morgan fingerprint density at radius 3 is 1.10 bits per heavy atom. The number of nitrogens with zero attached hydrogens (tertiary/aromatic N) is 6. The molecule has 0 spiro atoms. The average Bonchev–Trinajstić information content (AvgIpc) is 1.43. The van der Waals surface area contributed by atoms with Crippen molar-refractivity contribution in [2.45, 2.75) is 0 Å². The van der Waals surface area contributed by atoms with Crippen LogP contribution in [0.25, 0.3) is 153 Å². The summed E-state index contributed by atoms with van der Waals surface area (Å²) in [5.41, 5.74) is 29.5. The van der Waals surface area contributed by atoms with Crippen LogP contribution in [-0.2, 0) is 0 Å². The topological polar surface area (TPSA) is 25.2 Å². The lowest BCUT2D eigenvalue weighted by Gasteiger charge is -2.44. The Bertz CT molecular complexity index is 6620. The maximum absolute atomic E-state index is 2.63. The Kier molecular flexibility index (Phi) is 10.1. The number of para-hydroxylation sites is 7. The van der Waals surface area contributed by atoms with Gasteiger partial charge in [0.25, 0.3) is 6.71 Å². The van der Waals surface area contributed by atoms with E-state index in [0.717, 1.165) is 56.5 Å². The molecule has 97 heavy (non-hydrogen) atoms. The first kappa shape index (κ1) is 51.6. The molecule has 0 bridgehead atoms. The number of aromatic nitrogens is 4. The maximum Gasteiger partial charge on any atom is 0.252 e. The zero-order valence-corrected chi connectivity index (χ0v) is 52.4. The standard InChI is InChI=1S/C90H53BN6/c1-4-20-54(21-5-1)56-38-42-59(43-39-56)92-82-52-80-71(67-32-18-30-65-62-26-11-15-35-76(62)96(80)88(65)67)50-73(82)91-74-51-72-68-33-19-31-66-63-27-12-16-36-77(63)97(89(66)68)81(72)53-83(74)93(60-44-40-57(41-45-60)55-22-6-2-7-23-55)85-49-61(48-84(92)87(85)91)94-78-37-17-13-29-70(78)86-79(94)47-46-69-64-28-10-14-34-75(64)95(90(69)86)58-24-8-3-9-25-58/h1-53H. The molecule has 0 aliphatic carbocycles. The van der Waals surface area contributed by atoms with E-state index < -0.39 is 0 Å². The van der Waals surface area contributed by atoms with Gasteiger partial charge in [0, 0.05) is 104 Å². The molecule has 15 aromatic carbocycles. The van der Waals surface area contributed by atoms with E-state index in [2.05, 4.69) is 349 Å². The van der Waals surface area contributed by atoms with Gasteiger partial charge in [-0.25, -0.2) is 0 Å². The Balaban J connectivity index is 0.891. The van der Waals surface area contributed by atoms with Gasteiger partial charge < -0.3 is 27.7 Å². The molecule has 21 aromatic rings. The first-order chi connectivity index (χ1) is 48.2. The van der Waals surface area contributed by atoms with Crippen LogP contribution in [0.3, 0.4) is 0 Å². The van der Waals surface area contributed by atoms with E-state index in [1.54, 1.807) is 0 Å². The normalized spacial score (nSPS) is 13.1. The number of anilines is 6. The van der Waals surface area contributed by atoms with Crippen LogP contribution in [-0.4, -0.2) is 24.6 Å². The van der Waals surface area contributed by atoms with E-state index in [0.29, 0.717) is 0 Å². The van der Waals surface area contributed by atoms with E-state index >= 15 is 0 Å². The summed E-state index contributed by atoms with van der Waals surface area (Å²) in [7, 11) is 0. The van der Waals surface area contributed by atoms with Crippen LogP contribution >= 0.6 is 0 Å². The Morgan fingerprint density at radius 1 is 0.206 bits per heavy atom. The van der Waals surface area contributed by atoms with Crippen LogP contribution in [0.1, 0.15) is 0 Å². The molecule has 0 atom stereocenters. The van der Waals surface area contributed by atoms with Crippen molar-refractivity contribution in [3.05, 3.63) is 322 Å². The highest BCUT2D eigenvalue weighted by molar-refractivity contribution is 7.00. The Hall–Kier alpha value is -12.8. The summed E-state index contributed by atoms with van der Waals surface area (Å²) in [6, 6.07) is 121. The molecule has 7 heteroatoms. The minimum atomic E-state index is -0.203. The lowest BCUT2D eigenvalue weighted by molar-refractivity contribution is 1.16. The highest BCUT2D eigenvalue weighted by atomic mass is 15.2. The van der Waals surface area contributed by atoms with Crippen LogP contribution in [0.4, 0.5) is 34.1 Å². The fourth-order valence-corrected chi connectivity index (χ4v) is 18.0. The summed E-state index contributed by atoms with van der Waals surface area (Å²) >= 11 is 0. The van der Waals surface area contributed by atoms with Crippen molar-refractivity contribution in [2.75, 3.05) is 9.80 Å². The van der Waals surface area contributed by atoms with E-state index in [1.165, 1.54) is 147 Å². The van der Waals surface area contributed by atoms with Crippen LogP contribution in [0, 0.1) is 0 Å². The third-order valence-corrected chi connectivity index (χ3v) is 21.9. The minimum absolute atomic E-state index is 0.203. The number of fused-ring (bicyclic) bond motifs is 23. The van der Waals surface area contributed by atoms with Gasteiger partial charge in [0.05, 0.1) is 60.9 Å². The third-order valence-electron chi connectivity index (χ3n) is 21.9. The third kappa shape index (κ3) is 6.78. The van der Waals surface area contributed by atoms with E-state index in [4.69, 9.17) is 0 Å². The average molecular weight is 1230 g/mol. The van der Waals surface area contributed by atoms with Crippen molar-refractivity contribution < 1.29 is 0 Å². The molecule has 6 nitrogen and oxygen atoms in total. The summed E-state index contributed by atoms with van der Waals surface area (Å²) in [6.07, 6.45) is 0. The number of hydrogen-bond acceptors (Lipinski definition) is 2. The van der Waals surface area contributed by atoms with Gasteiger partial charge in [-0.3, -0.25) is 0 Å². The zero-order chi connectivity index (χ0) is 62.9. The lowest BCUT2D eigenvalue weighted by atomic mass is 9.33. The molecule has 446 valence electrons. The van der Waals surface area contributed by atoms with Crippen LogP contribution in [0.5, 0.6) is 0 Å². The predicted octanol–water partition coefficient (Wildman–Crippen LogP) is 21.6. The second-order valence-corrected chi connectivity index (χ2v) is 26.7. The highest BCUT2D eigenvalue weighted by Crippen LogP contribution is 2.52. The van der Waals surface area contributed by atoms with Gasteiger partial charge in [0.15, 0.2) is 0 Å². The maximum atomic E-state index is 2.63. The first-order valence-corrected chi connectivity index (χ1v) is 33.7. The van der Waals surface area contributed by atoms with Crippen LogP contribution < -0.4 is 26.2 Å². The van der Waals surface area contributed by atoms with Gasteiger partial charge in [-0.05, 0) is 130 Å². The van der Waals surface area contributed by atoms with Crippen molar-refractivity contribution >= 4 is 177 Å². The summed E-state index contributed by atoms with van der Waals surface area (Å²) < 4.78 is 10.2. The van der Waals surface area contributed by atoms with Crippen molar-refractivity contribution in [2.24, 2.45) is 0 Å². The van der Waals surface area contributed by atoms with Gasteiger partial charge in [0.2, 0.25) is 0 Å². The monoisotopic (exact) mass is 1230 g/mol. The fraction of sp³-hybridized carbons (Fsp3) is 0. The molecule has 2 aliphatic rings. The molecular weight excluding hydrogens is 1180 g/mol. The number of hydrogen-bond donors (Lipinski definition) is 0. The summed E-state index contributed by atoms with van der Waals surface area (Å²) in [5, 5.41) is 15.0. The molecule has 0 unspecified atom stereocenters. The minimum Gasteiger partial charge on any atom is -0.311 e. The van der Waals surface area contributed by atoms with Crippen LogP contribution in [0.15, 0.2) is 322 Å². The molecule has 2 aliphatic heterocycles. The molecule has 0 saturated carbocycles. The quantitative estimate of drug-likeness (QED) is 0.155. The Labute approximate surface area is 556 Å². The molecule has 23 rings (SSSR count). The Morgan fingerprint density at radius 2 is 0.598 bits per heavy atom. The van der Waals surface area contributed by atoms with Crippen molar-refractivity contribution in [3.8, 4) is 33.6 Å². The summed E-state index contributed by atoms with van der Waals surface area (Å²) in [4.78, 5) is 5.25. The number of rotatable bonds is 6. The van der Waals surface area contributed by atoms with E-state index in [9.17, 15) is 0 Å². The van der Waals surface area contributed by atoms with Crippen molar-refractivity contribution in [1.29, 1.82) is 0 Å². The zero-order valence-electron chi connectivity index (χ0n) is 52.4. The predicted molar refractivity (Wildman–Crippen MR) is 409 cm³/mol. The second kappa shape index (κ2) is 18.9. The van der Waals surface area contributed by atoms with Gasteiger partial charge in [0.1, 0.15) is 0 Å². The van der Waals surface area contributed by atoms with Gasteiger partial charge >= 0.3 is 0 Å². The second-order valence-electron chi connectivity index (χ2n) is 26.7. The van der Waals surface area contributed by atoms with Crippen molar-refractivity contribution in [1.82, 2.24) is 17.9 Å². The molecule has 0 N–H and O–H groups in total. The van der Waals surface area contributed by atoms with Gasteiger partial charge in [-0.2, -0.15) is 0 Å². The van der Waals surface area contributed by atoms with Crippen LogP contribution in [0.2, 0.25) is 0 Å². The molecule has 6 aromatic heterocycles. The van der Waals surface area contributed by atoms with E-state index in [-0.39, 0.29) is 6.71 Å². The summed E-state index contributed by atoms with van der Waals surface area (Å²) in [6.45, 7) is -0.203. The molecule has 0 radical (unpaired) electrons. The molecule has 0 saturated heterocycles. The van der Waals surface area contributed by atoms with Crippen molar-refractivity contribution in [3.63, 3.8) is 0 Å².